The van der Waals surface area contributed by atoms with Crippen LogP contribution in [0, 0.1) is 0 Å². The van der Waals surface area contributed by atoms with E-state index < -0.39 is 12.0 Å². The minimum Gasteiger partial charge on any atom is -0.480 e. The van der Waals surface area contributed by atoms with Crippen LogP contribution in [0.4, 0.5) is 0 Å². The molecule has 0 aromatic rings. The number of nitrogens with zero attached hydrogens (tertiary/aromatic N) is 2. The molecule has 1 amide bonds. The number of carbonyl (C=O) groups is 2. The largest absolute Gasteiger partial charge is 0.480 e. The van der Waals surface area contributed by atoms with E-state index in [0.29, 0.717) is 19.4 Å². The topological polar surface area (TPSA) is 60.9 Å². The van der Waals surface area contributed by atoms with Crippen LogP contribution in [0.2, 0.25) is 0 Å². The molecule has 116 valence electrons. The molecule has 5 heteroatoms. The van der Waals surface area contributed by atoms with Crippen molar-refractivity contribution in [1.82, 2.24) is 9.80 Å². The van der Waals surface area contributed by atoms with Crippen molar-refractivity contribution in [1.29, 1.82) is 0 Å². The first-order valence-electron chi connectivity index (χ1n) is 7.84. The summed E-state index contributed by atoms with van der Waals surface area (Å²) in [5, 5.41) is 9.08. The van der Waals surface area contributed by atoms with Gasteiger partial charge in [0.1, 0.15) is 6.04 Å². The molecule has 1 N–H and O–H groups in total. The number of carboxylic acid groups (broad SMARTS) is 1. The van der Waals surface area contributed by atoms with E-state index in [0.717, 1.165) is 32.5 Å². The van der Waals surface area contributed by atoms with E-state index in [2.05, 4.69) is 18.7 Å². The van der Waals surface area contributed by atoms with Gasteiger partial charge in [0, 0.05) is 13.0 Å². The summed E-state index contributed by atoms with van der Waals surface area (Å²) < 4.78 is 0. The maximum Gasteiger partial charge on any atom is 0.326 e. The van der Waals surface area contributed by atoms with Gasteiger partial charge >= 0.3 is 5.97 Å². The van der Waals surface area contributed by atoms with Gasteiger partial charge in [0.05, 0.1) is 0 Å². The smallest absolute Gasteiger partial charge is 0.326 e. The number of hydrogen-bond donors (Lipinski definition) is 1. The first-order valence-corrected chi connectivity index (χ1v) is 7.84. The third-order valence-electron chi connectivity index (χ3n) is 4.00. The molecule has 0 aliphatic carbocycles. The van der Waals surface area contributed by atoms with E-state index in [1.165, 1.54) is 12.8 Å². The fourth-order valence-corrected chi connectivity index (χ4v) is 2.73. The van der Waals surface area contributed by atoms with Crippen molar-refractivity contribution in [3.05, 3.63) is 0 Å². The van der Waals surface area contributed by atoms with Crippen molar-refractivity contribution in [2.24, 2.45) is 0 Å². The molecule has 1 rings (SSSR count). The summed E-state index contributed by atoms with van der Waals surface area (Å²) in [5.41, 5.74) is 0. The first-order chi connectivity index (χ1) is 9.60. The van der Waals surface area contributed by atoms with Crippen molar-refractivity contribution >= 4 is 11.9 Å². The third-order valence-corrected chi connectivity index (χ3v) is 4.00. The van der Waals surface area contributed by atoms with Gasteiger partial charge in [0.2, 0.25) is 5.91 Å². The lowest BCUT2D eigenvalue weighted by Gasteiger charge is -2.23. The highest BCUT2D eigenvalue weighted by molar-refractivity contribution is 5.84. The SMILES string of the molecule is CCCCN(CC)CCCC(=O)N1CCCC1C(=O)O. The fourth-order valence-electron chi connectivity index (χ4n) is 2.73. The van der Waals surface area contributed by atoms with Crippen LogP contribution < -0.4 is 0 Å². The van der Waals surface area contributed by atoms with Crippen molar-refractivity contribution in [3.63, 3.8) is 0 Å². The molecule has 5 nitrogen and oxygen atoms in total. The minimum absolute atomic E-state index is 0.00134. The Bertz CT molecular complexity index is 320. The standard InChI is InChI=1S/C15H28N2O3/c1-3-5-10-16(4-2)11-7-9-14(18)17-12-6-8-13(17)15(19)20/h13H,3-12H2,1-2H3,(H,19,20). The summed E-state index contributed by atoms with van der Waals surface area (Å²) >= 11 is 0. The predicted molar refractivity (Wildman–Crippen MR) is 78.6 cm³/mol. The number of carboxylic acids is 1. The zero-order chi connectivity index (χ0) is 15.0. The summed E-state index contributed by atoms with van der Waals surface area (Å²) in [5.74, 6) is -0.865. The van der Waals surface area contributed by atoms with Gasteiger partial charge in [-0.25, -0.2) is 4.79 Å². The molecule has 0 aromatic heterocycles. The number of rotatable bonds is 9. The van der Waals surface area contributed by atoms with Crippen LogP contribution in [0.5, 0.6) is 0 Å². The van der Waals surface area contributed by atoms with Crippen molar-refractivity contribution in [3.8, 4) is 0 Å². The summed E-state index contributed by atoms with van der Waals surface area (Å²) in [6, 6.07) is -0.593. The van der Waals surface area contributed by atoms with E-state index in [1.54, 1.807) is 4.90 Å². The molecule has 1 aliphatic rings. The molecule has 1 atom stereocenters. The summed E-state index contributed by atoms with van der Waals surface area (Å²) in [7, 11) is 0. The lowest BCUT2D eigenvalue weighted by molar-refractivity contribution is -0.148. The van der Waals surface area contributed by atoms with Crippen LogP contribution in [0.1, 0.15) is 52.4 Å². The van der Waals surface area contributed by atoms with Crippen LogP contribution in [0.15, 0.2) is 0 Å². The molecule has 0 radical (unpaired) electrons. The summed E-state index contributed by atoms with van der Waals surface area (Å²) in [6.07, 6.45) is 5.06. The Morgan fingerprint density at radius 3 is 2.55 bits per heavy atom. The maximum absolute atomic E-state index is 12.1. The van der Waals surface area contributed by atoms with Crippen LogP contribution in [-0.2, 0) is 9.59 Å². The van der Waals surface area contributed by atoms with Gasteiger partial charge in [-0.15, -0.1) is 0 Å². The predicted octanol–water partition coefficient (Wildman–Crippen LogP) is 1.96. The van der Waals surface area contributed by atoms with Gasteiger partial charge in [0.15, 0.2) is 0 Å². The Hall–Kier alpha value is -1.10. The quantitative estimate of drug-likeness (QED) is 0.703. The molecule has 0 aromatic carbocycles. The van der Waals surface area contributed by atoms with Gasteiger partial charge < -0.3 is 14.9 Å². The monoisotopic (exact) mass is 284 g/mol. The fraction of sp³-hybridized carbons (Fsp3) is 0.867. The second-order valence-electron chi connectivity index (χ2n) is 5.47. The second-order valence-corrected chi connectivity index (χ2v) is 5.47. The maximum atomic E-state index is 12.1. The van der Waals surface area contributed by atoms with Gasteiger partial charge in [0.25, 0.3) is 0 Å². The van der Waals surface area contributed by atoms with E-state index in [-0.39, 0.29) is 5.91 Å². The first kappa shape index (κ1) is 17.0. The molecular weight excluding hydrogens is 256 g/mol. The van der Waals surface area contributed by atoms with E-state index >= 15 is 0 Å². The van der Waals surface area contributed by atoms with Crippen molar-refractivity contribution < 1.29 is 14.7 Å². The normalized spacial score (nSPS) is 18.8. The molecule has 1 saturated heterocycles. The molecule has 20 heavy (non-hydrogen) atoms. The van der Waals surface area contributed by atoms with Gasteiger partial charge in [-0.05, 0) is 45.3 Å². The van der Waals surface area contributed by atoms with Crippen molar-refractivity contribution in [2.45, 2.75) is 58.4 Å². The summed E-state index contributed by atoms with van der Waals surface area (Å²) in [4.78, 5) is 27.1. The highest BCUT2D eigenvalue weighted by Gasteiger charge is 2.33. The molecule has 0 bridgehead atoms. The number of unbranched alkanes of at least 4 members (excludes halogenated alkanes) is 1. The molecule has 1 aliphatic heterocycles. The van der Waals surface area contributed by atoms with E-state index in [4.69, 9.17) is 5.11 Å². The van der Waals surface area contributed by atoms with Gasteiger partial charge in [-0.3, -0.25) is 4.79 Å². The second kappa shape index (κ2) is 8.95. The zero-order valence-corrected chi connectivity index (χ0v) is 12.8. The molecular formula is C15H28N2O3. The van der Waals surface area contributed by atoms with Crippen molar-refractivity contribution in [2.75, 3.05) is 26.2 Å². The van der Waals surface area contributed by atoms with Crippen LogP contribution in [0.3, 0.4) is 0 Å². The number of aliphatic carboxylic acids is 1. The molecule has 1 heterocycles. The molecule has 0 saturated carbocycles. The number of carbonyl (C=O) groups excluding carboxylic acids is 1. The number of amides is 1. The average molecular weight is 284 g/mol. The van der Waals surface area contributed by atoms with Gasteiger partial charge in [-0.1, -0.05) is 20.3 Å². The Morgan fingerprint density at radius 2 is 1.95 bits per heavy atom. The number of hydrogen-bond acceptors (Lipinski definition) is 3. The van der Waals surface area contributed by atoms with E-state index in [9.17, 15) is 9.59 Å². The zero-order valence-electron chi connectivity index (χ0n) is 12.8. The van der Waals surface area contributed by atoms with Crippen LogP contribution >= 0.6 is 0 Å². The third kappa shape index (κ3) is 5.12. The Balaban J connectivity index is 2.30. The Labute approximate surface area is 121 Å². The van der Waals surface area contributed by atoms with E-state index in [1.807, 2.05) is 0 Å². The van der Waals surface area contributed by atoms with Crippen LogP contribution in [-0.4, -0.2) is 59.0 Å². The lowest BCUT2D eigenvalue weighted by Crippen LogP contribution is -2.40. The van der Waals surface area contributed by atoms with Crippen LogP contribution in [0.25, 0.3) is 0 Å². The molecule has 0 spiro atoms. The molecule has 1 fully saturated rings. The number of likely N-dealkylation sites (tertiary alicyclic amines) is 1. The molecule has 1 unspecified atom stereocenters. The average Bonchev–Trinajstić information content (AvgIpc) is 2.92. The lowest BCUT2D eigenvalue weighted by atomic mass is 10.2. The highest BCUT2D eigenvalue weighted by atomic mass is 16.4. The minimum atomic E-state index is -0.867. The Morgan fingerprint density at radius 1 is 1.25 bits per heavy atom. The Kier molecular flexibility index (Phi) is 7.59. The summed E-state index contributed by atoms with van der Waals surface area (Å²) in [6.45, 7) is 7.93. The van der Waals surface area contributed by atoms with Gasteiger partial charge in [-0.2, -0.15) is 0 Å². The highest BCUT2D eigenvalue weighted by Crippen LogP contribution is 2.18.